The number of benzene rings is 2. The second kappa shape index (κ2) is 5.97. The topological polar surface area (TPSA) is 47.6 Å². The Labute approximate surface area is 123 Å². The standard InChI is InChI=1S/C17H17NO3/c1-12(17(19)14-5-3-2-4-6-14)18-10-13-7-8-15-16(9-13)21-11-20-15/h2-9,12,18H,10-11H2,1H3. The molecule has 0 bridgehead atoms. The molecule has 2 aromatic rings. The number of hydrogen-bond donors (Lipinski definition) is 1. The van der Waals surface area contributed by atoms with Gasteiger partial charge in [-0.15, -0.1) is 0 Å². The van der Waals surface area contributed by atoms with E-state index in [9.17, 15) is 4.79 Å². The van der Waals surface area contributed by atoms with Gasteiger partial charge >= 0.3 is 0 Å². The molecule has 1 atom stereocenters. The number of ketones is 1. The van der Waals surface area contributed by atoms with Gasteiger partial charge in [-0.1, -0.05) is 36.4 Å². The molecule has 1 aliphatic rings. The van der Waals surface area contributed by atoms with Gasteiger partial charge in [-0.3, -0.25) is 4.79 Å². The highest BCUT2D eigenvalue weighted by Crippen LogP contribution is 2.32. The Morgan fingerprint density at radius 1 is 1.14 bits per heavy atom. The largest absolute Gasteiger partial charge is 0.454 e. The van der Waals surface area contributed by atoms with Crippen LogP contribution in [0.2, 0.25) is 0 Å². The first kappa shape index (κ1) is 13.6. The molecule has 0 saturated heterocycles. The summed E-state index contributed by atoms with van der Waals surface area (Å²) in [6.45, 7) is 2.76. The summed E-state index contributed by atoms with van der Waals surface area (Å²) in [5.41, 5.74) is 1.79. The molecule has 108 valence electrons. The minimum absolute atomic E-state index is 0.0938. The molecule has 0 aliphatic carbocycles. The number of Topliss-reactive ketones (excluding diaryl/α,β-unsaturated/α-hetero) is 1. The van der Waals surface area contributed by atoms with Crippen molar-refractivity contribution in [3.63, 3.8) is 0 Å². The molecule has 1 heterocycles. The van der Waals surface area contributed by atoms with Crippen molar-refractivity contribution >= 4 is 5.78 Å². The van der Waals surface area contributed by atoms with Gasteiger partial charge in [0.25, 0.3) is 0 Å². The third kappa shape index (κ3) is 3.06. The molecule has 0 spiro atoms. The van der Waals surface area contributed by atoms with Crippen LogP contribution in [0.25, 0.3) is 0 Å². The van der Waals surface area contributed by atoms with Crippen LogP contribution < -0.4 is 14.8 Å². The molecular weight excluding hydrogens is 266 g/mol. The molecular formula is C17H17NO3. The zero-order valence-electron chi connectivity index (χ0n) is 11.8. The zero-order chi connectivity index (χ0) is 14.7. The Kier molecular flexibility index (Phi) is 3.88. The summed E-state index contributed by atoms with van der Waals surface area (Å²) in [5.74, 6) is 1.62. The maximum absolute atomic E-state index is 12.2. The molecule has 0 fully saturated rings. The smallest absolute Gasteiger partial charge is 0.231 e. The molecule has 1 unspecified atom stereocenters. The lowest BCUT2D eigenvalue weighted by Crippen LogP contribution is -2.33. The maximum Gasteiger partial charge on any atom is 0.231 e. The van der Waals surface area contributed by atoms with Gasteiger partial charge in [0.05, 0.1) is 6.04 Å². The summed E-state index contributed by atoms with van der Waals surface area (Å²) in [6.07, 6.45) is 0. The Morgan fingerprint density at radius 2 is 1.90 bits per heavy atom. The number of rotatable bonds is 5. The van der Waals surface area contributed by atoms with Crippen molar-refractivity contribution in [2.24, 2.45) is 0 Å². The van der Waals surface area contributed by atoms with Gasteiger partial charge in [-0.25, -0.2) is 0 Å². The van der Waals surface area contributed by atoms with Gasteiger partial charge in [-0.2, -0.15) is 0 Å². The number of carbonyl (C=O) groups excluding carboxylic acids is 1. The van der Waals surface area contributed by atoms with Crippen molar-refractivity contribution in [3.8, 4) is 11.5 Å². The first-order chi connectivity index (χ1) is 10.2. The number of hydrogen-bond acceptors (Lipinski definition) is 4. The Hall–Kier alpha value is -2.33. The van der Waals surface area contributed by atoms with E-state index in [1.54, 1.807) is 0 Å². The van der Waals surface area contributed by atoms with Crippen molar-refractivity contribution in [1.82, 2.24) is 5.32 Å². The summed E-state index contributed by atoms with van der Waals surface area (Å²) < 4.78 is 10.6. The van der Waals surface area contributed by atoms with Crippen molar-refractivity contribution < 1.29 is 14.3 Å². The fourth-order valence-electron chi connectivity index (χ4n) is 2.27. The minimum atomic E-state index is -0.238. The summed E-state index contributed by atoms with van der Waals surface area (Å²) in [6, 6.07) is 14.9. The first-order valence-corrected chi connectivity index (χ1v) is 6.95. The summed E-state index contributed by atoms with van der Waals surface area (Å²) in [4.78, 5) is 12.2. The van der Waals surface area contributed by atoms with Gasteiger partial charge in [-0.05, 0) is 24.6 Å². The number of carbonyl (C=O) groups is 1. The molecule has 0 aromatic heterocycles. The molecule has 1 N–H and O–H groups in total. The van der Waals surface area contributed by atoms with Crippen molar-refractivity contribution in [2.75, 3.05) is 6.79 Å². The van der Waals surface area contributed by atoms with E-state index >= 15 is 0 Å². The first-order valence-electron chi connectivity index (χ1n) is 6.95. The molecule has 0 amide bonds. The third-order valence-corrected chi connectivity index (χ3v) is 3.50. The van der Waals surface area contributed by atoms with Crippen LogP contribution in [0.15, 0.2) is 48.5 Å². The summed E-state index contributed by atoms with van der Waals surface area (Å²) >= 11 is 0. The predicted molar refractivity (Wildman–Crippen MR) is 79.6 cm³/mol. The lowest BCUT2D eigenvalue weighted by atomic mass is 10.1. The van der Waals surface area contributed by atoms with Crippen LogP contribution in [0.4, 0.5) is 0 Å². The second-order valence-electron chi connectivity index (χ2n) is 5.02. The highest BCUT2D eigenvalue weighted by Gasteiger charge is 2.16. The highest BCUT2D eigenvalue weighted by molar-refractivity contribution is 5.99. The normalized spacial score (nSPS) is 14.0. The maximum atomic E-state index is 12.2. The van der Waals surface area contributed by atoms with Crippen LogP contribution in [-0.4, -0.2) is 18.6 Å². The van der Waals surface area contributed by atoms with Gasteiger partial charge in [0.15, 0.2) is 17.3 Å². The van der Waals surface area contributed by atoms with Crippen LogP contribution in [0.1, 0.15) is 22.8 Å². The van der Waals surface area contributed by atoms with E-state index in [0.717, 1.165) is 22.6 Å². The molecule has 4 nitrogen and oxygen atoms in total. The van der Waals surface area contributed by atoms with E-state index in [0.29, 0.717) is 6.54 Å². The molecule has 1 aliphatic heterocycles. The Bertz CT molecular complexity index is 640. The van der Waals surface area contributed by atoms with Crippen molar-refractivity contribution in [1.29, 1.82) is 0 Å². The molecule has 2 aromatic carbocycles. The number of fused-ring (bicyclic) bond motifs is 1. The molecule has 4 heteroatoms. The molecule has 21 heavy (non-hydrogen) atoms. The summed E-state index contributed by atoms with van der Waals surface area (Å²) in [7, 11) is 0. The summed E-state index contributed by atoms with van der Waals surface area (Å²) in [5, 5.41) is 3.24. The SMILES string of the molecule is CC(NCc1ccc2c(c1)OCO2)C(=O)c1ccccc1. The minimum Gasteiger partial charge on any atom is -0.454 e. The van der Waals surface area contributed by atoms with Crippen LogP contribution >= 0.6 is 0 Å². The van der Waals surface area contributed by atoms with Gasteiger partial charge in [0, 0.05) is 12.1 Å². The van der Waals surface area contributed by atoms with Crippen molar-refractivity contribution in [2.45, 2.75) is 19.5 Å². The quantitative estimate of drug-likeness (QED) is 0.857. The zero-order valence-corrected chi connectivity index (χ0v) is 11.8. The average Bonchev–Trinajstić information content (AvgIpc) is 3.00. The molecule has 3 rings (SSSR count). The van der Waals surface area contributed by atoms with Crippen LogP contribution in [0.3, 0.4) is 0 Å². The van der Waals surface area contributed by atoms with E-state index in [2.05, 4.69) is 5.32 Å². The average molecular weight is 283 g/mol. The Balaban J connectivity index is 1.61. The van der Waals surface area contributed by atoms with Gasteiger partial charge in [0.1, 0.15) is 0 Å². The van der Waals surface area contributed by atoms with Crippen LogP contribution in [0, 0.1) is 0 Å². The van der Waals surface area contributed by atoms with E-state index in [1.807, 2.05) is 55.5 Å². The number of nitrogens with one attached hydrogen (secondary N) is 1. The van der Waals surface area contributed by atoms with Crippen molar-refractivity contribution in [3.05, 3.63) is 59.7 Å². The monoisotopic (exact) mass is 283 g/mol. The van der Waals surface area contributed by atoms with Gasteiger partial charge < -0.3 is 14.8 Å². The van der Waals surface area contributed by atoms with E-state index in [4.69, 9.17) is 9.47 Å². The Morgan fingerprint density at radius 3 is 2.71 bits per heavy atom. The lowest BCUT2D eigenvalue weighted by molar-refractivity contribution is 0.0950. The van der Waals surface area contributed by atoms with E-state index < -0.39 is 0 Å². The molecule has 0 radical (unpaired) electrons. The fraction of sp³-hybridized carbons (Fsp3) is 0.235. The second-order valence-corrected chi connectivity index (χ2v) is 5.02. The highest BCUT2D eigenvalue weighted by atomic mass is 16.7. The van der Waals surface area contributed by atoms with Crippen LogP contribution in [-0.2, 0) is 6.54 Å². The number of ether oxygens (including phenoxy) is 2. The fourth-order valence-corrected chi connectivity index (χ4v) is 2.27. The van der Waals surface area contributed by atoms with E-state index in [1.165, 1.54) is 0 Å². The van der Waals surface area contributed by atoms with Gasteiger partial charge in [0.2, 0.25) is 6.79 Å². The van der Waals surface area contributed by atoms with Crippen LogP contribution in [0.5, 0.6) is 11.5 Å². The predicted octanol–water partition coefficient (Wildman–Crippen LogP) is 2.78. The third-order valence-electron chi connectivity index (χ3n) is 3.50. The lowest BCUT2D eigenvalue weighted by Gasteiger charge is -2.13. The molecule has 0 saturated carbocycles. The van der Waals surface area contributed by atoms with E-state index in [-0.39, 0.29) is 18.6 Å².